The van der Waals surface area contributed by atoms with Gasteiger partial charge in [-0.05, 0) is 37.1 Å². The van der Waals surface area contributed by atoms with E-state index in [0.717, 1.165) is 41.0 Å². The predicted molar refractivity (Wildman–Crippen MR) is 100.0 cm³/mol. The van der Waals surface area contributed by atoms with Crippen LogP contribution < -0.4 is 4.90 Å². The molecule has 3 aromatic rings. The molecular weight excluding hydrogens is 312 g/mol. The highest BCUT2D eigenvalue weighted by atomic mass is 15.4. The largest absolute Gasteiger partial charge is 0.362 e. The van der Waals surface area contributed by atoms with E-state index in [-0.39, 0.29) is 0 Å². The smallest absolute Gasteiger partial charge is 0.169 e. The minimum atomic E-state index is 0.483. The summed E-state index contributed by atoms with van der Waals surface area (Å²) in [7, 11) is 3.96. The molecule has 3 rings (SSSR count). The van der Waals surface area contributed by atoms with Gasteiger partial charge < -0.3 is 4.90 Å². The quantitative estimate of drug-likeness (QED) is 0.715. The van der Waals surface area contributed by atoms with E-state index in [1.54, 1.807) is 6.20 Å². The molecule has 130 valence electrons. The molecule has 0 atom stereocenters. The van der Waals surface area contributed by atoms with Gasteiger partial charge in [-0.25, -0.2) is 15.0 Å². The standard InChI is InChI=1S/C19H24N6/c1-13(2)12-16-22-19(15-9-7-11-20-18(15)24(4)5)25(23-16)17-10-6-8-14(3)21-17/h6-11,13H,12H2,1-5H3. The lowest BCUT2D eigenvalue weighted by Crippen LogP contribution is -2.13. The number of nitrogens with zero attached hydrogens (tertiary/aromatic N) is 6. The van der Waals surface area contributed by atoms with Gasteiger partial charge >= 0.3 is 0 Å². The van der Waals surface area contributed by atoms with Gasteiger partial charge in [0.1, 0.15) is 5.82 Å². The van der Waals surface area contributed by atoms with Crippen LogP contribution in [0.15, 0.2) is 36.5 Å². The van der Waals surface area contributed by atoms with Crippen molar-refractivity contribution in [1.29, 1.82) is 0 Å². The Morgan fingerprint density at radius 3 is 2.56 bits per heavy atom. The zero-order valence-corrected chi connectivity index (χ0v) is 15.4. The van der Waals surface area contributed by atoms with Crippen LogP contribution in [0.1, 0.15) is 25.4 Å². The maximum Gasteiger partial charge on any atom is 0.169 e. The summed E-state index contributed by atoms with van der Waals surface area (Å²) in [5, 5.41) is 4.74. The highest BCUT2D eigenvalue weighted by molar-refractivity contribution is 5.71. The molecule has 3 heterocycles. The summed E-state index contributed by atoms with van der Waals surface area (Å²) in [6.07, 6.45) is 2.61. The van der Waals surface area contributed by atoms with E-state index < -0.39 is 0 Å². The fraction of sp³-hybridized carbons (Fsp3) is 0.368. The predicted octanol–water partition coefficient (Wildman–Crippen LogP) is 3.30. The molecule has 0 spiro atoms. The molecule has 0 saturated heterocycles. The first-order chi connectivity index (χ1) is 12.0. The summed E-state index contributed by atoms with van der Waals surface area (Å²) in [6.45, 7) is 6.31. The number of pyridine rings is 2. The van der Waals surface area contributed by atoms with E-state index in [9.17, 15) is 0 Å². The summed E-state index contributed by atoms with van der Waals surface area (Å²) in [6, 6.07) is 9.87. The van der Waals surface area contributed by atoms with Gasteiger partial charge in [0.2, 0.25) is 0 Å². The maximum absolute atomic E-state index is 4.81. The van der Waals surface area contributed by atoms with Crippen molar-refractivity contribution in [3.05, 3.63) is 48.0 Å². The topological polar surface area (TPSA) is 59.7 Å². The van der Waals surface area contributed by atoms with Gasteiger partial charge in [-0.3, -0.25) is 0 Å². The second kappa shape index (κ2) is 7.01. The van der Waals surface area contributed by atoms with Gasteiger partial charge in [-0.1, -0.05) is 19.9 Å². The van der Waals surface area contributed by atoms with Gasteiger partial charge in [0, 0.05) is 32.4 Å². The Bertz CT molecular complexity index is 866. The van der Waals surface area contributed by atoms with Crippen LogP contribution in [0.25, 0.3) is 17.2 Å². The van der Waals surface area contributed by atoms with Crippen molar-refractivity contribution in [2.24, 2.45) is 5.92 Å². The first kappa shape index (κ1) is 17.1. The Balaban J connectivity index is 2.20. The number of anilines is 1. The second-order valence-electron chi connectivity index (χ2n) is 6.77. The fourth-order valence-corrected chi connectivity index (χ4v) is 2.71. The third-order valence-corrected chi connectivity index (χ3v) is 3.78. The van der Waals surface area contributed by atoms with E-state index in [1.165, 1.54) is 0 Å². The van der Waals surface area contributed by atoms with Gasteiger partial charge in [-0.2, -0.15) is 4.68 Å². The van der Waals surface area contributed by atoms with Crippen molar-refractivity contribution >= 4 is 5.82 Å². The Morgan fingerprint density at radius 1 is 1.08 bits per heavy atom. The lowest BCUT2D eigenvalue weighted by Gasteiger charge is -2.15. The molecular formula is C19H24N6. The van der Waals surface area contributed by atoms with Crippen LogP contribution in [0, 0.1) is 12.8 Å². The van der Waals surface area contributed by atoms with Crippen LogP contribution in [0.2, 0.25) is 0 Å². The average molecular weight is 336 g/mol. The molecule has 0 unspecified atom stereocenters. The molecule has 0 N–H and O–H groups in total. The molecule has 0 amide bonds. The summed E-state index contributed by atoms with van der Waals surface area (Å²) >= 11 is 0. The van der Waals surface area contributed by atoms with Crippen molar-refractivity contribution < 1.29 is 0 Å². The van der Waals surface area contributed by atoms with Crippen LogP contribution >= 0.6 is 0 Å². The molecule has 0 aliphatic carbocycles. The summed E-state index contributed by atoms with van der Waals surface area (Å²) in [4.78, 5) is 15.9. The highest BCUT2D eigenvalue weighted by Crippen LogP contribution is 2.28. The number of hydrogen-bond donors (Lipinski definition) is 0. The highest BCUT2D eigenvalue weighted by Gasteiger charge is 2.19. The van der Waals surface area contributed by atoms with Gasteiger partial charge in [0.15, 0.2) is 17.5 Å². The molecule has 0 saturated carbocycles. The maximum atomic E-state index is 4.81. The Hall–Kier alpha value is -2.76. The first-order valence-corrected chi connectivity index (χ1v) is 8.48. The fourth-order valence-electron chi connectivity index (χ4n) is 2.71. The van der Waals surface area contributed by atoms with Gasteiger partial charge in [0.05, 0.1) is 5.56 Å². The summed E-state index contributed by atoms with van der Waals surface area (Å²) < 4.78 is 1.83. The number of rotatable bonds is 5. The monoisotopic (exact) mass is 336 g/mol. The molecule has 6 heteroatoms. The average Bonchev–Trinajstić information content (AvgIpc) is 2.97. The van der Waals surface area contributed by atoms with Crippen LogP contribution in [-0.2, 0) is 6.42 Å². The zero-order chi connectivity index (χ0) is 18.0. The molecule has 6 nitrogen and oxygen atoms in total. The Morgan fingerprint density at radius 2 is 1.88 bits per heavy atom. The van der Waals surface area contributed by atoms with Crippen LogP contribution in [0.3, 0.4) is 0 Å². The molecule has 25 heavy (non-hydrogen) atoms. The van der Waals surface area contributed by atoms with E-state index in [4.69, 9.17) is 10.1 Å². The molecule has 3 aromatic heterocycles. The normalized spacial score (nSPS) is 11.1. The lowest BCUT2D eigenvalue weighted by atomic mass is 10.1. The van der Waals surface area contributed by atoms with Crippen molar-refractivity contribution in [3.8, 4) is 17.2 Å². The van der Waals surface area contributed by atoms with E-state index >= 15 is 0 Å². The van der Waals surface area contributed by atoms with E-state index in [1.807, 2.05) is 60.9 Å². The van der Waals surface area contributed by atoms with Crippen molar-refractivity contribution in [2.75, 3.05) is 19.0 Å². The van der Waals surface area contributed by atoms with Crippen molar-refractivity contribution in [3.63, 3.8) is 0 Å². The summed E-state index contributed by atoms with van der Waals surface area (Å²) in [5.41, 5.74) is 1.89. The molecule has 0 aliphatic heterocycles. The van der Waals surface area contributed by atoms with Crippen LogP contribution in [0.4, 0.5) is 5.82 Å². The van der Waals surface area contributed by atoms with E-state index in [0.29, 0.717) is 5.92 Å². The van der Waals surface area contributed by atoms with Crippen molar-refractivity contribution in [1.82, 2.24) is 24.7 Å². The van der Waals surface area contributed by atoms with E-state index in [2.05, 4.69) is 23.8 Å². The minimum Gasteiger partial charge on any atom is -0.362 e. The zero-order valence-electron chi connectivity index (χ0n) is 15.4. The first-order valence-electron chi connectivity index (χ1n) is 8.48. The Labute approximate surface area is 148 Å². The molecule has 0 radical (unpaired) electrons. The van der Waals surface area contributed by atoms with Gasteiger partial charge in [0.25, 0.3) is 0 Å². The lowest BCUT2D eigenvalue weighted by molar-refractivity contribution is 0.618. The summed E-state index contributed by atoms with van der Waals surface area (Å²) in [5.74, 6) is 3.70. The molecule has 0 bridgehead atoms. The second-order valence-corrected chi connectivity index (χ2v) is 6.77. The molecule has 0 fully saturated rings. The number of hydrogen-bond acceptors (Lipinski definition) is 5. The van der Waals surface area contributed by atoms with Crippen LogP contribution in [0.5, 0.6) is 0 Å². The van der Waals surface area contributed by atoms with Gasteiger partial charge in [-0.15, -0.1) is 5.10 Å². The third kappa shape index (κ3) is 3.68. The molecule has 0 aromatic carbocycles. The molecule has 0 aliphatic rings. The SMILES string of the molecule is Cc1cccc(-n2nc(CC(C)C)nc2-c2cccnc2N(C)C)n1. The minimum absolute atomic E-state index is 0.483. The number of aryl methyl sites for hydroxylation is 1. The van der Waals surface area contributed by atoms with Crippen molar-refractivity contribution in [2.45, 2.75) is 27.2 Å². The third-order valence-electron chi connectivity index (χ3n) is 3.78. The van der Waals surface area contributed by atoms with Crippen LogP contribution in [-0.4, -0.2) is 38.8 Å². The number of aromatic nitrogens is 5. The Kier molecular flexibility index (Phi) is 4.79.